The summed E-state index contributed by atoms with van der Waals surface area (Å²) in [6, 6.07) is 7.14. The van der Waals surface area contributed by atoms with Crippen molar-refractivity contribution in [2.24, 2.45) is 10.7 Å². The SMILES string of the molecule is N[C@H](CCC1=c2ccccc2=NC1)C(=O)O. The molecule has 1 aromatic carbocycles. The van der Waals surface area contributed by atoms with Crippen LogP contribution in [0.4, 0.5) is 0 Å². The van der Waals surface area contributed by atoms with E-state index in [9.17, 15) is 4.79 Å². The number of aliphatic carboxylic acids is 1. The highest BCUT2D eigenvalue weighted by Crippen LogP contribution is 2.08. The van der Waals surface area contributed by atoms with E-state index in [4.69, 9.17) is 10.8 Å². The van der Waals surface area contributed by atoms with Gasteiger partial charge in [-0.2, -0.15) is 0 Å². The molecule has 0 radical (unpaired) electrons. The molecular weight excluding hydrogens is 204 g/mol. The van der Waals surface area contributed by atoms with Crippen molar-refractivity contribution < 1.29 is 9.90 Å². The highest BCUT2D eigenvalue weighted by Gasteiger charge is 2.13. The summed E-state index contributed by atoms with van der Waals surface area (Å²) in [4.78, 5) is 15.0. The minimum absolute atomic E-state index is 0.467. The van der Waals surface area contributed by atoms with Gasteiger partial charge < -0.3 is 10.8 Å². The van der Waals surface area contributed by atoms with Crippen LogP contribution in [0.2, 0.25) is 0 Å². The van der Waals surface area contributed by atoms with E-state index in [0.29, 0.717) is 19.4 Å². The van der Waals surface area contributed by atoms with Crippen LogP contribution in [0.3, 0.4) is 0 Å². The van der Waals surface area contributed by atoms with Gasteiger partial charge in [0.1, 0.15) is 6.04 Å². The summed E-state index contributed by atoms with van der Waals surface area (Å²) in [5.74, 6) is -0.941. The predicted octanol–water partition coefficient (Wildman–Crippen LogP) is -0.337. The summed E-state index contributed by atoms with van der Waals surface area (Å²) < 4.78 is 0. The lowest BCUT2D eigenvalue weighted by atomic mass is 10.0. The minimum atomic E-state index is -0.941. The van der Waals surface area contributed by atoms with Crippen molar-refractivity contribution in [1.82, 2.24) is 0 Å². The molecule has 2 rings (SSSR count). The molecule has 0 saturated carbocycles. The maximum atomic E-state index is 10.6. The van der Waals surface area contributed by atoms with Gasteiger partial charge in [0, 0.05) is 5.22 Å². The molecule has 84 valence electrons. The Morgan fingerprint density at radius 3 is 3.00 bits per heavy atom. The van der Waals surface area contributed by atoms with Gasteiger partial charge in [0.05, 0.1) is 11.9 Å². The Labute approximate surface area is 93.1 Å². The lowest BCUT2D eigenvalue weighted by Crippen LogP contribution is -2.30. The number of hydrogen-bond donors (Lipinski definition) is 2. The van der Waals surface area contributed by atoms with Crippen LogP contribution in [0, 0.1) is 0 Å². The van der Waals surface area contributed by atoms with Gasteiger partial charge in [0.2, 0.25) is 0 Å². The Balaban J connectivity index is 2.14. The maximum absolute atomic E-state index is 10.6. The van der Waals surface area contributed by atoms with Crippen LogP contribution in [0.25, 0.3) is 5.57 Å². The minimum Gasteiger partial charge on any atom is -0.480 e. The number of hydrogen-bond acceptors (Lipinski definition) is 3. The molecule has 3 N–H and O–H groups in total. The summed E-state index contributed by atoms with van der Waals surface area (Å²) in [5, 5.41) is 10.8. The zero-order valence-corrected chi connectivity index (χ0v) is 8.89. The zero-order valence-electron chi connectivity index (χ0n) is 8.89. The molecule has 0 bridgehead atoms. The van der Waals surface area contributed by atoms with Crippen molar-refractivity contribution >= 4 is 11.5 Å². The van der Waals surface area contributed by atoms with Gasteiger partial charge in [-0.25, -0.2) is 0 Å². The average molecular weight is 218 g/mol. The van der Waals surface area contributed by atoms with Gasteiger partial charge in [-0.05, 0) is 24.5 Å². The number of carboxylic acid groups (broad SMARTS) is 1. The molecule has 0 fully saturated rings. The lowest BCUT2D eigenvalue weighted by molar-refractivity contribution is -0.138. The van der Waals surface area contributed by atoms with Crippen molar-refractivity contribution in [2.75, 3.05) is 6.54 Å². The fourth-order valence-corrected chi connectivity index (χ4v) is 1.84. The largest absolute Gasteiger partial charge is 0.480 e. The van der Waals surface area contributed by atoms with Gasteiger partial charge in [-0.1, -0.05) is 18.2 Å². The molecule has 1 heterocycles. The van der Waals surface area contributed by atoms with Crippen molar-refractivity contribution in [3.8, 4) is 0 Å². The molecule has 0 unspecified atom stereocenters. The first-order chi connectivity index (χ1) is 7.68. The number of benzene rings is 1. The van der Waals surface area contributed by atoms with E-state index < -0.39 is 12.0 Å². The second kappa shape index (κ2) is 4.45. The van der Waals surface area contributed by atoms with Crippen molar-refractivity contribution in [2.45, 2.75) is 18.9 Å². The van der Waals surface area contributed by atoms with Gasteiger partial charge in [-0.15, -0.1) is 0 Å². The second-order valence-electron chi connectivity index (χ2n) is 3.92. The molecule has 0 aromatic heterocycles. The van der Waals surface area contributed by atoms with Gasteiger partial charge in [0.15, 0.2) is 0 Å². The van der Waals surface area contributed by atoms with Crippen LogP contribution in [0.15, 0.2) is 29.3 Å². The number of nitrogens with two attached hydrogens (primary N) is 1. The summed E-state index contributed by atoms with van der Waals surface area (Å²) in [7, 11) is 0. The van der Waals surface area contributed by atoms with E-state index in [2.05, 4.69) is 4.99 Å². The van der Waals surface area contributed by atoms with E-state index in [1.54, 1.807) is 0 Å². The lowest BCUT2D eigenvalue weighted by Gasteiger charge is -2.06. The Hall–Kier alpha value is -1.68. The van der Waals surface area contributed by atoms with E-state index in [-0.39, 0.29) is 0 Å². The van der Waals surface area contributed by atoms with Crippen molar-refractivity contribution in [3.63, 3.8) is 0 Å². The van der Waals surface area contributed by atoms with E-state index >= 15 is 0 Å². The molecule has 0 amide bonds. The third kappa shape index (κ3) is 2.12. The normalized spacial score (nSPS) is 15.4. The molecular formula is C12H14N2O2. The Morgan fingerprint density at radius 2 is 2.25 bits per heavy atom. The Morgan fingerprint density at radius 1 is 1.50 bits per heavy atom. The molecule has 4 nitrogen and oxygen atoms in total. The van der Waals surface area contributed by atoms with E-state index in [1.807, 2.05) is 24.3 Å². The molecule has 0 aliphatic carbocycles. The van der Waals surface area contributed by atoms with Gasteiger partial charge >= 0.3 is 5.97 Å². The highest BCUT2D eigenvalue weighted by molar-refractivity contribution is 5.73. The zero-order chi connectivity index (χ0) is 11.5. The van der Waals surface area contributed by atoms with Crippen LogP contribution in [-0.4, -0.2) is 23.7 Å². The molecule has 4 heteroatoms. The fourth-order valence-electron chi connectivity index (χ4n) is 1.84. The van der Waals surface area contributed by atoms with E-state index in [0.717, 1.165) is 10.6 Å². The van der Waals surface area contributed by atoms with Crippen LogP contribution in [0.5, 0.6) is 0 Å². The summed E-state index contributed by atoms with van der Waals surface area (Å²) in [6.07, 6.45) is 1.17. The number of carboxylic acids is 1. The fraction of sp³-hybridized carbons (Fsp3) is 0.333. The molecule has 1 aliphatic heterocycles. The number of fused-ring (bicyclic) bond motifs is 1. The van der Waals surface area contributed by atoms with Crippen LogP contribution in [-0.2, 0) is 4.79 Å². The number of rotatable bonds is 4. The van der Waals surface area contributed by atoms with Crippen LogP contribution in [0.1, 0.15) is 12.8 Å². The van der Waals surface area contributed by atoms with Crippen molar-refractivity contribution in [3.05, 3.63) is 34.8 Å². The number of para-hydroxylation sites is 1. The van der Waals surface area contributed by atoms with Crippen molar-refractivity contribution in [1.29, 1.82) is 0 Å². The monoisotopic (exact) mass is 218 g/mol. The standard InChI is InChI=1S/C12H14N2O2/c13-10(12(15)16)6-5-8-7-14-11-4-2-1-3-9(8)11/h1-4,10H,5-7,13H2,(H,15,16)/t10-/m1/s1. The molecule has 0 saturated heterocycles. The third-order valence-electron chi connectivity index (χ3n) is 2.80. The number of carbonyl (C=O) groups is 1. The predicted molar refractivity (Wildman–Crippen MR) is 60.3 cm³/mol. The quantitative estimate of drug-likeness (QED) is 0.726. The summed E-state index contributed by atoms with van der Waals surface area (Å²) in [5.41, 5.74) is 6.66. The summed E-state index contributed by atoms with van der Waals surface area (Å²) >= 11 is 0. The molecule has 0 spiro atoms. The first kappa shape index (κ1) is 10.8. The molecule has 1 atom stereocenters. The molecule has 16 heavy (non-hydrogen) atoms. The highest BCUT2D eigenvalue weighted by atomic mass is 16.4. The van der Waals surface area contributed by atoms with Gasteiger partial charge in [-0.3, -0.25) is 9.79 Å². The second-order valence-corrected chi connectivity index (χ2v) is 3.92. The smallest absolute Gasteiger partial charge is 0.320 e. The Bertz CT molecular complexity index is 522. The topological polar surface area (TPSA) is 75.7 Å². The third-order valence-corrected chi connectivity index (χ3v) is 2.80. The number of nitrogens with zero attached hydrogens (tertiary/aromatic N) is 1. The van der Waals surface area contributed by atoms with E-state index in [1.165, 1.54) is 5.57 Å². The maximum Gasteiger partial charge on any atom is 0.320 e. The molecule has 1 aromatic rings. The first-order valence-corrected chi connectivity index (χ1v) is 5.28. The summed E-state index contributed by atoms with van der Waals surface area (Å²) in [6.45, 7) is 0.672. The van der Waals surface area contributed by atoms with Crippen LogP contribution >= 0.6 is 0 Å². The van der Waals surface area contributed by atoms with Crippen LogP contribution < -0.4 is 16.3 Å². The Kier molecular flexibility index (Phi) is 3.01. The average Bonchev–Trinajstić information content (AvgIpc) is 2.69. The first-order valence-electron chi connectivity index (χ1n) is 5.28. The van der Waals surface area contributed by atoms with Gasteiger partial charge in [0.25, 0.3) is 0 Å². The molecule has 1 aliphatic rings.